The summed E-state index contributed by atoms with van der Waals surface area (Å²) in [5.74, 6) is -0.295. The lowest BCUT2D eigenvalue weighted by molar-refractivity contribution is 0.0957. The maximum absolute atomic E-state index is 12.8. The number of thiophene rings is 1. The second-order valence-electron chi connectivity index (χ2n) is 6.20. The molecule has 1 N–H and O–H groups in total. The Labute approximate surface area is 171 Å². The zero-order chi connectivity index (χ0) is 19.5. The van der Waals surface area contributed by atoms with E-state index in [1.54, 1.807) is 29.7 Å². The lowest BCUT2D eigenvalue weighted by Gasteiger charge is -2.10. The fourth-order valence-corrected chi connectivity index (χ4v) is 3.89. The largest absolute Gasteiger partial charge is 0.272 e. The summed E-state index contributed by atoms with van der Waals surface area (Å²) in [6.07, 6.45) is 1.65. The summed E-state index contributed by atoms with van der Waals surface area (Å²) in [6, 6.07) is 20.7. The number of aromatic nitrogens is 1. The van der Waals surface area contributed by atoms with Crippen LogP contribution in [0.3, 0.4) is 0 Å². The molecule has 0 unspecified atom stereocenters. The average Bonchev–Trinajstić information content (AvgIpc) is 3.12. The first-order chi connectivity index (χ1) is 13.6. The van der Waals surface area contributed by atoms with Crippen LogP contribution in [0.4, 0.5) is 0 Å². The molecule has 0 saturated heterocycles. The molecule has 4 rings (SSSR count). The van der Waals surface area contributed by atoms with E-state index in [0.29, 0.717) is 16.3 Å². The molecule has 2 aromatic carbocycles. The molecule has 0 radical (unpaired) electrons. The number of para-hydroxylation sites is 1. The van der Waals surface area contributed by atoms with Gasteiger partial charge in [-0.05, 0) is 37.3 Å². The molecule has 28 heavy (non-hydrogen) atoms. The van der Waals surface area contributed by atoms with Gasteiger partial charge in [-0.15, -0.1) is 11.3 Å². The number of hydrogen-bond acceptors (Lipinski definition) is 4. The van der Waals surface area contributed by atoms with E-state index in [4.69, 9.17) is 11.6 Å². The molecule has 2 heterocycles. The highest BCUT2D eigenvalue weighted by atomic mass is 35.5. The van der Waals surface area contributed by atoms with Gasteiger partial charge in [-0.25, -0.2) is 10.4 Å². The number of carbonyl (C=O) groups is 1. The van der Waals surface area contributed by atoms with Gasteiger partial charge in [0.05, 0.1) is 23.0 Å². The van der Waals surface area contributed by atoms with Crippen LogP contribution in [0.25, 0.3) is 22.2 Å². The van der Waals surface area contributed by atoms with Gasteiger partial charge in [0, 0.05) is 25.7 Å². The van der Waals surface area contributed by atoms with Crippen molar-refractivity contribution < 1.29 is 4.79 Å². The molecular weight excluding hydrogens is 390 g/mol. The number of hydrogen-bond donors (Lipinski definition) is 1. The maximum atomic E-state index is 12.8. The van der Waals surface area contributed by atoms with Crippen molar-refractivity contribution in [3.05, 3.63) is 87.1 Å². The Morgan fingerprint density at radius 1 is 1.11 bits per heavy atom. The lowest BCUT2D eigenvalue weighted by atomic mass is 10.0. The van der Waals surface area contributed by atoms with E-state index in [-0.39, 0.29) is 5.91 Å². The fraction of sp³-hybridized carbons (Fsp3) is 0.0455. The molecule has 0 aliphatic carbocycles. The number of amides is 1. The van der Waals surface area contributed by atoms with Crippen LogP contribution >= 0.6 is 22.9 Å². The van der Waals surface area contributed by atoms with Crippen LogP contribution in [0, 0.1) is 6.92 Å². The van der Waals surface area contributed by atoms with Gasteiger partial charge in [0.1, 0.15) is 0 Å². The van der Waals surface area contributed by atoms with E-state index in [9.17, 15) is 4.79 Å². The van der Waals surface area contributed by atoms with Crippen molar-refractivity contribution in [3.63, 3.8) is 0 Å². The Hall–Kier alpha value is -3.02. The van der Waals surface area contributed by atoms with Crippen LogP contribution in [-0.2, 0) is 0 Å². The van der Waals surface area contributed by atoms with E-state index < -0.39 is 0 Å². The SMILES string of the molecule is Cc1ccc(/C=N/NC(=O)c2cc(-c3ccccc3Cl)nc3ccccc23)s1. The molecule has 0 saturated carbocycles. The Balaban J connectivity index is 1.71. The van der Waals surface area contributed by atoms with Gasteiger partial charge >= 0.3 is 0 Å². The highest BCUT2D eigenvalue weighted by molar-refractivity contribution is 7.13. The van der Waals surface area contributed by atoms with Crippen molar-refractivity contribution in [1.82, 2.24) is 10.4 Å². The maximum Gasteiger partial charge on any atom is 0.272 e. The van der Waals surface area contributed by atoms with E-state index in [1.165, 1.54) is 4.88 Å². The van der Waals surface area contributed by atoms with Crippen LogP contribution in [-0.4, -0.2) is 17.1 Å². The highest BCUT2D eigenvalue weighted by Gasteiger charge is 2.14. The molecule has 0 spiro atoms. The third-order valence-corrected chi connectivity index (χ3v) is 5.49. The first-order valence-electron chi connectivity index (χ1n) is 8.66. The number of carbonyl (C=O) groups excluding carboxylic acids is 1. The van der Waals surface area contributed by atoms with Gasteiger partial charge in [-0.1, -0.05) is 48.0 Å². The molecular formula is C22H16ClN3OS. The standard InChI is InChI=1S/C22H16ClN3OS/c1-14-10-11-15(28-14)13-24-26-22(27)18-12-21(17-7-2-4-8-19(17)23)25-20-9-5-3-6-16(18)20/h2-13H,1H3,(H,26,27)/b24-13+. The highest BCUT2D eigenvalue weighted by Crippen LogP contribution is 2.29. The number of benzene rings is 2. The number of nitrogens with one attached hydrogen (secondary N) is 1. The van der Waals surface area contributed by atoms with Crippen LogP contribution in [0.2, 0.25) is 5.02 Å². The molecule has 2 aromatic heterocycles. The van der Waals surface area contributed by atoms with E-state index in [1.807, 2.05) is 61.5 Å². The molecule has 138 valence electrons. The molecule has 0 aliphatic heterocycles. The van der Waals surface area contributed by atoms with Crippen LogP contribution in [0.1, 0.15) is 20.1 Å². The Morgan fingerprint density at radius 2 is 1.89 bits per heavy atom. The van der Waals surface area contributed by atoms with Crippen LogP contribution < -0.4 is 5.43 Å². The summed E-state index contributed by atoms with van der Waals surface area (Å²) < 4.78 is 0. The van der Waals surface area contributed by atoms with Crippen LogP contribution in [0.5, 0.6) is 0 Å². The smallest absolute Gasteiger partial charge is 0.267 e. The minimum absolute atomic E-state index is 0.295. The van der Waals surface area contributed by atoms with Crippen molar-refractivity contribution in [1.29, 1.82) is 0 Å². The summed E-state index contributed by atoms with van der Waals surface area (Å²) >= 11 is 7.95. The van der Waals surface area contributed by atoms with Crippen molar-refractivity contribution in [2.75, 3.05) is 0 Å². The fourth-order valence-electron chi connectivity index (χ4n) is 2.91. The van der Waals surface area contributed by atoms with Gasteiger partial charge < -0.3 is 0 Å². The predicted molar refractivity (Wildman–Crippen MR) is 116 cm³/mol. The summed E-state index contributed by atoms with van der Waals surface area (Å²) in [5.41, 5.74) is 5.27. The molecule has 0 atom stereocenters. The number of rotatable bonds is 4. The third-order valence-electron chi connectivity index (χ3n) is 4.23. The van der Waals surface area contributed by atoms with Crippen molar-refractivity contribution in [3.8, 4) is 11.3 Å². The molecule has 6 heteroatoms. The number of hydrazone groups is 1. The third kappa shape index (κ3) is 3.81. The molecule has 4 nitrogen and oxygen atoms in total. The van der Waals surface area contributed by atoms with Crippen molar-refractivity contribution >= 4 is 46.0 Å². The minimum Gasteiger partial charge on any atom is -0.267 e. The van der Waals surface area contributed by atoms with Gasteiger partial charge in [0.2, 0.25) is 0 Å². The number of nitrogens with zero attached hydrogens (tertiary/aromatic N) is 2. The Bertz CT molecular complexity index is 1200. The number of pyridine rings is 1. The van der Waals surface area contributed by atoms with Crippen molar-refractivity contribution in [2.45, 2.75) is 6.92 Å². The summed E-state index contributed by atoms with van der Waals surface area (Å²) in [7, 11) is 0. The van der Waals surface area contributed by atoms with Gasteiger partial charge in [0.15, 0.2) is 0 Å². The number of halogens is 1. The quantitative estimate of drug-likeness (QED) is 0.350. The topological polar surface area (TPSA) is 54.4 Å². The first-order valence-corrected chi connectivity index (χ1v) is 9.86. The molecule has 4 aromatic rings. The molecule has 0 fully saturated rings. The second-order valence-corrected chi connectivity index (χ2v) is 7.93. The number of aryl methyl sites for hydroxylation is 1. The minimum atomic E-state index is -0.295. The van der Waals surface area contributed by atoms with Crippen molar-refractivity contribution in [2.24, 2.45) is 5.10 Å². The van der Waals surface area contributed by atoms with E-state index in [2.05, 4.69) is 15.5 Å². The van der Waals surface area contributed by atoms with Crippen LogP contribution in [0.15, 0.2) is 71.8 Å². The predicted octanol–water partition coefficient (Wildman–Crippen LogP) is 5.69. The molecule has 0 aliphatic rings. The van der Waals surface area contributed by atoms with Gasteiger partial charge in [-0.3, -0.25) is 4.79 Å². The van der Waals surface area contributed by atoms with E-state index >= 15 is 0 Å². The molecule has 1 amide bonds. The zero-order valence-corrected chi connectivity index (χ0v) is 16.6. The van der Waals surface area contributed by atoms with E-state index in [0.717, 1.165) is 21.3 Å². The summed E-state index contributed by atoms with van der Waals surface area (Å²) in [6.45, 7) is 2.03. The second kappa shape index (κ2) is 7.92. The summed E-state index contributed by atoms with van der Waals surface area (Å²) in [4.78, 5) is 19.7. The first kappa shape index (κ1) is 18.3. The number of fused-ring (bicyclic) bond motifs is 1. The monoisotopic (exact) mass is 405 g/mol. The van der Waals surface area contributed by atoms with Gasteiger partial charge in [0.25, 0.3) is 5.91 Å². The zero-order valence-electron chi connectivity index (χ0n) is 15.0. The van der Waals surface area contributed by atoms with Gasteiger partial charge in [-0.2, -0.15) is 5.10 Å². The Morgan fingerprint density at radius 3 is 2.68 bits per heavy atom. The lowest BCUT2D eigenvalue weighted by Crippen LogP contribution is -2.18. The average molecular weight is 406 g/mol. The molecule has 0 bridgehead atoms. The summed E-state index contributed by atoms with van der Waals surface area (Å²) in [5, 5.41) is 5.45. The normalized spacial score (nSPS) is 11.2. The Kier molecular flexibility index (Phi) is 5.19.